The highest BCUT2D eigenvalue weighted by molar-refractivity contribution is 5.78. The van der Waals surface area contributed by atoms with Crippen LogP contribution in [0.25, 0.3) is 0 Å². The molecule has 1 N–H and O–H groups in total. The number of nitrogens with one attached hydrogen (secondary N) is 1. The smallest absolute Gasteiger partial charge is 0.220 e. The molecule has 2 heterocycles. The largest absolute Gasteiger partial charge is 0.378 e. The third-order valence-electron chi connectivity index (χ3n) is 5.41. The van der Waals surface area contributed by atoms with Gasteiger partial charge in [-0.2, -0.15) is 0 Å². The number of carbonyl (C=O) groups is 1. The molecule has 2 saturated heterocycles. The van der Waals surface area contributed by atoms with E-state index in [0.29, 0.717) is 13.0 Å². The van der Waals surface area contributed by atoms with E-state index in [2.05, 4.69) is 16.8 Å². The summed E-state index contributed by atoms with van der Waals surface area (Å²) in [6.07, 6.45) is 4.41. The van der Waals surface area contributed by atoms with E-state index in [0.717, 1.165) is 31.5 Å². The van der Waals surface area contributed by atoms with Gasteiger partial charge in [0.05, 0.1) is 0 Å². The van der Waals surface area contributed by atoms with Crippen LogP contribution in [0, 0.1) is 18.2 Å². The van der Waals surface area contributed by atoms with E-state index in [9.17, 15) is 9.18 Å². The number of likely N-dealkylation sites (tertiary alicyclic amines) is 1. The lowest BCUT2D eigenvalue weighted by Crippen LogP contribution is -2.51. The van der Waals surface area contributed by atoms with Crippen molar-refractivity contribution in [3.05, 3.63) is 47.9 Å². The predicted octanol–water partition coefficient (Wildman–Crippen LogP) is 2.96. The maximum Gasteiger partial charge on any atom is 0.220 e. The Labute approximate surface area is 131 Å². The Balaban J connectivity index is 1.93. The number of aryl methyl sites for hydroxylation is 1. The van der Waals surface area contributed by atoms with Crippen molar-refractivity contribution in [1.82, 2.24) is 10.2 Å². The zero-order valence-corrected chi connectivity index (χ0v) is 13.1. The Morgan fingerprint density at radius 2 is 2.14 bits per heavy atom. The van der Waals surface area contributed by atoms with Gasteiger partial charge in [-0.3, -0.25) is 4.79 Å². The van der Waals surface area contributed by atoms with Crippen molar-refractivity contribution in [2.75, 3.05) is 19.6 Å². The lowest BCUT2D eigenvalue weighted by Gasteiger charge is -2.49. The number of rotatable bonds is 2. The SMILES string of the molecule is C=CN1CCC2(CC1)CC(=O)NCC2c1ccc(F)cc1C. The molecule has 118 valence electrons. The van der Waals surface area contributed by atoms with Gasteiger partial charge < -0.3 is 10.2 Å². The molecule has 0 saturated carbocycles. The molecule has 0 radical (unpaired) electrons. The van der Waals surface area contributed by atoms with Crippen LogP contribution in [0.1, 0.15) is 36.3 Å². The standard InChI is InChI=1S/C18H23FN2O/c1-3-21-8-6-18(7-9-21)11-17(22)20-12-16(18)15-5-4-14(19)10-13(15)2/h3-5,10,16H,1,6-9,11-12H2,2H3,(H,20,22). The minimum absolute atomic E-state index is 0.00949. The fourth-order valence-electron chi connectivity index (χ4n) is 4.08. The van der Waals surface area contributed by atoms with Crippen LogP contribution in [0.15, 0.2) is 31.0 Å². The fraction of sp³-hybridized carbons (Fsp3) is 0.500. The van der Waals surface area contributed by atoms with Gasteiger partial charge in [-0.05, 0) is 54.6 Å². The zero-order valence-electron chi connectivity index (χ0n) is 13.1. The molecule has 2 fully saturated rings. The van der Waals surface area contributed by atoms with Crippen LogP contribution >= 0.6 is 0 Å². The molecule has 0 aliphatic carbocycles. The van der Waals surface area contributed by atoms with Crippen molar-refractivity contribution < 1.29 is 9.18 Å². The molecule has 2 aliphatic heterocycles. The molecule has 1 aromatic carbocycles. The van der Waals surface area contributed by atoms with E-state index in [1.54, 1.807) is 6.07 Å². The molecule has 0 bridgehead atoms. The van der Waals surface area contributed by atoms with Crippen molar-refractivity contribution in [1.29, 1.82) is 0 Å². The summed E-state index contributed by atoms with van der Waals surface area (Å²) in [4.78, 5) is 14.2. The minimum Gasteiger partial charge on any atom is -0.378 e. The quantitative estimate of drug-likeness (QED) is 0.911. The predicted molar refractivity (Wildman–Crippen MR) is 84.9 cm³/mol. The molecular formula is C18H23FN2O. The van der Waals surface area contributed by atoms with Crippen LogP contribution < -0.4 is 5.32 Å². The van der Waals surface area contributed by atoms with Gasteiger partial charge in [-0.25, -0.2) is 4.39 Å². The third kappa shape index (κ3) is 2.62. The van der Waals surface area contributed by atoms with E-state index >= 15 is 0 Å². The van der Waals surface area contributed by atoms with Gasteiger partial charge in [0, 0.05) is 32.0 Å². The number of piperidine rings is 2. The molecule has 1 atom stereocenters. The Morgan fingerprint density at radius 1 is 1.41 bits per heavy atom. The number of hydrogen-bond acceptors (Lipinski definition) is 2. The average molecular weight is 302 g/mol. The molecule has 1 aromatic rings. The molecule has 2 aliphatic rings. The number of benzene rings is 1. The molecule has 1 spiro atoms. The highest BCUT2D eigenvalue weighted by Crippen LogP contribution is 2.49. The zero-order chi connectivity index (χ0) is 15.7. The van der Waals surface area contributed by atoms with E-state index in [1.807, 2.05) is 19.2 Å². The first-order valence-corrected chi connectivity index (χ1v) is 7.93. The summed E-state index contributed by atoms with van der Waals surface area (Å²) >= 11 is 0. The lowest BCUT2D eigenvalue weighted by atomic mass is 9.62. The normalized spacial score (nSPS) is 24.2. The topological polar surface area (TPSA) is 32.3 Å². The molecule has 3 nitrogen and oxygen atoms in total. The second-order valence-corrected chi connectivity index (χ2v) is 6.62. The van der Waals surface area contributed by atoms with Crippen molar-refractivity contribution in [2.24, 2.45) is 5.41 Å². The average Bonchev–Trinajstić information content (AvgIpc) is 2.49. The monoisotopic (exact) mass is 302 g/mol. The van der Waals surface area contributed by atoms with Gasteiger partial charge in [-0.1, -0.05) is 12.6 Å². The number of amides is 1. The highest BCUT2D eigenvalue weighted by atomic mass is 19.1. The van der Waals surface area contributed by atoms with Gasteiger partial charge in [0.2, 0.25) is 5.91 Å². The first-order valence-electron chi connectivity index (χ1n) is 7.93. The van der Waals surface area contributed by atoms with Crippen LogP contribution in [0.2, 0.25) is 0 Å². The number of nitrogens with zero attached hydrogens (tertiary/aromatic N) is 1. The maximum absolute atomic E-state index is 13.4. The van der Waals surface area contributed by atoms with Crippen molar-refractivity contribution >= 4 is 5.91 Å². The van der Waals surface area contributed by atoms with Gasteiger partial charge in [0.15, 0.2) is 0 Å². The van der Waals surface area contributed by atoms with Gasteiger partial charge >= 0.3 is 0 Å². The van der Waals surface area contributed by atoms with Crippen molar-refractivity contribution in [3.8, 4) is 0 Å². The van der Waals surface area contributed by atoms with E-state index in [-0.39, 0.29) is 23.1 Å². The Hall–Kier alpha value is -1.84. The van der Waals surface area contributed by atoms with Gasteiger partial charge in [0.25, 0.3) is 0 Å². The number of hydrogen-bond donors (Lipinski definition) is 1. The van der Waals surface area contributed by atoms with E-state index in [4.69, 9.17) is 0 Å². The summed E-state index contributed by atoms with van der Waals surface area (Å²) in [7, 11) is 0. The maximum atomic E-state index is 13.4. The summed E-state index contributed by atoms with van der Waals surface area (Å²) in [5.74, 6) is 0.206. The number of halogens is 1. The summed E-state index contributed by atoms with van der Waals surface area (Å²) in [6, 6.07) is 5.03. The molecule has 4 heteroatoms. The summed E-state index contributed by atoms with van der Waals surface area (Å²) in [5.41, 5.74) is 2.14. The molecule has 3 rings (SSSR count). The molecule has 1 amide bonds. The van der Waals surface area contributed by atoms with Crippen molar-refractivity contribution in [2.45, 2.75) is 32.1 Å². The fourth-order valence-corrected chi connectivity index (χ4v) is 4.08. The molecule has 0 aromatic heterocycles. The van der Waals surface area contributed by atoms with Crippen LogP contribution in [0.4, 0.5) is 4.39 Å². The first-order chi connectivity index (χ1) is 10.5. The van der Waals surface area contributed by atoms with Crippen LogP contribution in [0.3, 0.4) is 0 Å². The Bertz CT molecular complexity index is 591. The molecule has 22 heavy (non-hydrogen) atoms. The Morgan fingerprint density at radius 3 is 2.77 bits per heavy atom. The second kappa shape index (κ2) is 5.75. The first kappa shape index (κ1) is 15.1. The summed E-state index contributed by atoms with van der Waals surface area (Å²) in [5, 5.41) is 3.00. The van der Waals surface area contributed by atoms with Crippen LogP contribution in [-0.4, -0.2) is 30.4 Å². The van der Waals surface area contributed by atoms with Gasteiger partial charge in [0.1, 0.15) is 5.82 Å². The van der Waals surface area contributed by atoms with Gasteiger partial charge in [-0.15, -0.1) is 0 Å². The molecular weight excluding hydrogens is 279 g/mol. The second-order valence-electron chi connectivity index (χ2n) is 6.62. The summed E-state index contributed by atoms with van der Waals surface area (Å²) in [6.45, 7) is 8.33. The Kier molecular flexibility index (Phi) is 3.94. The van der Waals surface area contributed by atoms with E-state index in [1.165, 1.54) is 11.6 Å². The highest BCUT2D eigenvalue weighted by Gasteiger charge is 2.46. The lowest BCUT2D eigenvalue weighted by molar-refractivity contribution is -0.127. The van der Waals surface area contributed by atoms with Crippen LogP contribution in [0.5, 0.6) is 0 Å². The van der Waals surface area contributed by atoms with Crippen LogP contribution in [-0.2, 0) is 4.79 Å². The van der Waals surface area contributed by atoms with E-state index < -0.39 is 0 Å². The van der Waals surface area contributed by atoms with Crippen molar-refractivity contribution in [3.63, 3.8) is 0 Å². The number of carbonyl (C=O) groups excluding carboxylic acids is 1. The minimum atomic E-state index is -0.198. The summed E-state index contributed by atoms with van der Waals surface area (Å²) < 4.78 is 13.4. The molecule has 1 unspecified atom stereocenters. The third-order valence-corrected chi connectivity index (χ3v) is 5.41.